The first-order chi connectivity index (χ1) is 14.4. The van der Waals surface area contributed by atoms with Crippen molar-refractivity contribution in [3.63, 3.8) is 0 Å². The predicted octanol–water partition coefficient (Wildman–Crippen LogP) is 8.15. The van der Waals surface area contributed by atoms with Crippen molar-refractivity contribution in [2.75, 3.05) is 0 Å². The van der Waals surface area contributed by atoms with Crippen molar-refractivity contribution in [3.8, 4) is 11.1 Å². The minimum absolute atomic E-state index is 0.101. The fourth-order valence-corrected chi connectivity index (χ4v) is 4.69. The van der Waals surface area contributed by atoms with Gasteiger partial charge in [-0.05, 0) is 42.7 Å². The van der Waals surface area contributed by atoms with Crippen LogP contribution in [-0.2, 0) is 12.8 Å². The van der Waals surface area contributed by atoms with Gasteiger partial charge in [0.05, 0.1) is 0 Å². The highest BCUT2D eigenvalue weighted by Gasteiger charge is 2.25. The molecule has 2 aromatic carbocycles. The third-order valence-electron chi connectivity index (χ3n) is 6.55. The third kappa shape index (κ3) is 4.70. The highest BCUT2D eigenvalue weighted by Crippen LogP contribution is 2.36. The zero-order chi connectivity index (χ0) is 21.8. The minimum atomic E-state index is -1.33. The molecule has 3 rings (SSSR count). The van der Waals surface area contributed by atoms with Crippen molar-refractivity contribution in [1.82, 2.24) is 0 Å². The lowest BCUT2D eigenvalue weighted by atomic mass is 9.78. The normalized spacial score (nSPS) is 19.3. The lowest BCUT2D eigenvalue weighted by Gasteiger charge is -2.28. The number of rotatable bonds is 7. The maximum absolute atomic E-state index is 14.7. The maximum Gasteiger partial charge on any atom is 0.167 e. The van der Waals surface area contributed by atoms with Crippen LogP contribution in [0.3, 0.4) is 0 Å². The quantitative estimate of drug-likeness (QED) is 0.311. The zero-order valence-corrected chi connectivity index (χ0v) is 17.6. The summed E-state index contributed by atoms with van der Waals surface area (Å²) in [6.07, 6.45) is 7.68. The van der Waals surface area contributed by atoms with Gasteiger partial charge in [-0.1, -0.05) is 64.5 Å². The Morgan fingerprint density at radius 3 is 1.93 bits per heavy atom. The van der Waals surface area contributed by atoms with Crippen LogP contribution >= 0.6 is 0 Å². The molecule has 1 saturated carbocycles. The molecule has 0 unspecified atom stereocenters. The first-order valence-electron chi connectivity index (χ1n) is 11.0. The third-order valence-corrected chi connectivity index (χ3v) is 6.55. The molecule has 0 amide bonds. The van der Waals surface area contributed by atoms with Gasteiger partial charge in [-0.3, -0.25) is 0 Å². The molecule has 1 fully saturated rings. The Labute approximate surface area is 175 Å². The van der Waals surface area contributed by atoms with Crippen molar-refractivity contribution in [2.24, 2.45) is 11.8 Å². The highest BCUT2D eigenvalue weighted by atomic mass is 19.2. The van der Waals surface area contributed by atoms with Gasteiger partial charge < -0.3 is 0 Å². The Hall–Kier alpha value is -1.91. The molecule has 164 valence electrons. The van der Waals surface area contributed by atoms with Crippen LogP contribution in [0.25, 0.3) is 11.1 Å². The van der Waals surface area contributed by atoms with E-state index in [2.05, 4.69) is 6.92 Å². The molecule has 0 heterocycles. The molecule has 0 radical (unpaired) electrons. The average molecular weight is 424 g/mol. The van der Waals surface area contributed by atoms with E-state index in [-0.39, 0.29) is 24.0 Å². The summed E-state index contributed by atoms with van der Waals surface area (Å²) in [6, 6.07) is 3.27. The summed E-state index contributed by atoms with van der Waals surface area (Å²) in [5.41, 5.74) is -1.24. The number of benzene rings is 2. The smallest absolute Gasteiger partial charge is 0.167 e. The van der Waals surface area contributed by atoms with Crippen molar-refractivity contribution in [2.45, 2.75) is 71.6 Å². The topological polar surface area (TPSA) is 0 Å². The molecule has 0 saturated heterocycles. The molecule has 0 aromatic heterocycles. The SMILES string of the molecule is CCCC1CCC(CCc2c(F)cc(-c3ccc(CC)c(F)c3F)c(F)c2F)CC1. The second-order valence-corrected chi connectivity index (χ2v) is 8.48. The Kier molecular flexibility index (Phi) is 7.54. The molecule has 0 bridgehead atoms. The second-order valence-electron chi connectivity index (χ2n) is 8.48. The molecule has 30 heavy (non-hydrogen) atoms. The molecule has 0 atom stereocenters. The van der Waals surface area contributed by atoms with Crippen LogP contribution in [-0.4, -0.2) is 0 Å². The van der Waals surface area contributed by atoms with Crippen LogP contribution in [0.15, 0.2) is 18.2 Å². The van der Waals surface area contributed by atoms with Gasteiger partial charge in [0, 0.05) is 16.7 Å². The number of hydrogen-bond donors (Lipinski definition) is 0. The first-order valence-corrected chi connectivity index (χ1v) is 11.0. The zero-order valence-electron chi connectivity index (χ0n) is 17.6. The Morgan fingerprint density at radius 1 is 0.733 bits per heavy atom. The van der Waals surface area contributed by atoms with Gasteiger partial charge in [0.25, 0.3) is 0 Å². The maximum atomic E-state index is 14.7. The van der Waals surface area contributed by atoms with E-state index in [1.807, 2.05) is 0 Å². The van der Waals surface area contributed by atoms with Crippen LogP contribution in [0.5, 0.6) is 0 Å². The van der Waals surface area contributed by atoms with Crippen LogP contribution in [0.4, 0.5) is 22.0 Å². The standard InChI is InChI=1S/C25H29F5/c1-3-5-15-6-8-16(9-7-15)10-12-19-21(26)14-20(25(30)24(19)29)18-13-11-17(4-2)22(27)23(18)28/h11,13-16H,3-10,12H2,1-2H3. The number of aryl methyl sites for hydroxylation is 1. The van der Waals surface area contributed by atoms with Crippen LogP contribution < -0.4 is 0 Å². The number of halogens is 5. The summed E-state index contributed by atoms with van der Waals surface area (Å²) in [7, 11) is 0. The number of hydrogen-bond acceptors (Lipinski definition) is 0. The van der Waals surface area contributed by atoms with Crippen LogP contribution in [0.2, 0.25) is 0 Å². The van der Waals surface area contributed by atoms with Crippen LogP contribution in [0, 0.1) is 40.9 Å². The summed E-state index contributed by atoms with van der Waals surface area (Å²) in [5, 5.41) is 0. The summed E-state index contributed by atoms with van der Waals surface area (Å²) in [5.74, 6) is -4.83. The average Bonchev–Trinajstić information content (AvgIpc) is 2.74. The van der Waals surface area contributed by atoms with Gasteiger partial charge in [-0.2, -0.15) is 0 Å². The van der Waals surface area contributed by atoms with E-state index in [0.717, 1.165) is 37.7 Å². The van der Waals surface area contributed by atoms with E-state index in [1.54, 1.807) is 6.92 Å². The lowest BCUT2D eigenvalue weighted by molar-refractivity contribution is 0.251. The second kappa shape index (κ2) is 9.93. The Balaban J connectivity index is 1.78. The fourth-order valence-electron chi connectivity index (χ4n) is 4.69. The van der Waals surface area contributed by atoms with Gasteiger partial charge >= 0.3 is 0 Å². The molecular formula is C25H29F5. The van der Waals surface area contributed by atoms with Crippen molar-refractivity contribution in [3.05, 3.63) is 58.4 Å². The van der Waals surface area contributed by atoms with Gasteiger partial charge in [-0.15, -0.1) is 0 Å². The van der Waals surface area contributed by atoms with E-state index in [1.165, 1.54) is 25.0 Å². The first kappa shape index (κ1) is 22.8. The molecule has 0 nitrogen and oxygen atoms in total. The Bertz CT molecular complexity index is 882. The van der Waals surface area contributed by atoms with E-state index >= 15 is 0 Å². The highest BCUT2D eigenvalue weighted by molar-refractivity contribution is 5.66. The molecule has 1 aliphatic rings. The van der Waals surface area contributed by atoms with E-state index in [0.29, 0.717) is 12.3 Å². The fraction of sp³-hybridized carbons (Fsp3) is 0.520. The summed E-state index contributed by atoms with van der Waals surface area (Å²) in [4.78, 5) is 0. The van der Waals surface area contributed by atoms with Gasteiger partial charge in [0.2, 0.25) is 0 Å². The van der Waals surface area contributed by atoms with Crippen LogP contribution in [0.1, 0.15) is 69.9 Å². The molecule has 0 spiro atoms. The molecule has 2 aromatic rings. The molecular weight excluding hydrogens is 395 g/mol. The van der Waals surface area contributed by atoms with Gasteiger partial charge in [-0.25, -0.2) is 22.0 Å². The van der Waals surface area contributed by atoms with Crippen molar-refractivity contribution in [1.29, 1.82) is 0 Å². The lowest BCUT2D eigenvalue weighted by Crippen LogP contribution is -2.15. The monoisotopic (exact) mass is 424 g/mol. The molecule has 1 aliphatic carbocycles. The Morgan fingerprint density at radius 2 is 1.33 bits per heavy atom. The molecule has 0 aliphatic heterocycles. The molecule has 0 N–H and O–H groups in total. The van der Waals surface area contributed by atoms with Crippen molar-refractivity contribution >= 4 is 0 Å². The summed E-state index contributed by atoms with van der Waals surface area (Å²) < 4.78 is 72.5. The summed E-state index contributed by atoms with van der Waals surface area (Å²) >= 11 is 0. The van der Waals surface area contributed by atoms with Crippen molar-refractivity contribution < 1.29 is 22.0 Å². The van der Waals surface area contributed by atoms with E-state index < -0.39 is 40.2 Å². The van der Waals surface area contributed by atoms with E-state index in [4.69, 9.17) is 0 Å². The largest absolute Gasteiger partial charge is 0.207 e. The van der Waals surface area contributed by atoms with E-state index in [9.17, 15) is 22.0 Å². The predicted molar refractivity (Wildman–Crippen MR) is 110 cm³/mol. The van der Waals surface area contributed by atoms with Gasteiger partial charge in [0.15, 0.2) is 23.3 Å². The minimum Gasteiger partial charge on any atom is -0.207 e. The molecule has 5 heteroatoms. The summed E-state index contributed by atoms with van der Waals surface area (Å²) in [6.45, 7) is 3.83. The van der Waals surface area contributed by atoms with Gasteiger partial charge in [0.1, 0.15) is 5.82 Å².